The molecule has 52 heavy (non-hydrogen) atoms. The molecule has 0 unspecified atom stereocenters. The van der Waals surface area contributed by atoms with Crippen LogP contribution in [0.15, 0.2) is 194 Å². The molecule has 0 aliphatic carbocycles. The number of nitrogens with zero attached hydrogens (tertiary/aromatic N) is 4. The van der Waals surface area contributed by atoms with Gasteiger partial charge in [-0.05, 0) is 58.3 Å². The summed E-state index contributed by atoms with van der Waals surface area (Å²) in [4.78, 5) is 10.2. The van der Waals surface area contributed by atoms with Gasteiger partial charge in [0.25, 0.3) is 0 Å². The zero-order valence-corrected chi connectivity index (χ0v) is 28.3. The topological polar surface area (TPSA) is 59.5 Å². The SMILES string of the molecule is N=C(c1ccc(-c2ccccccc(-c3nc4ccccc4n3-c3ccccc3)c3ccccc23)cc1)n1c(-c2ccccc2)nc2ccccc21. The van der Waals surface area contributed by atoms with E-state index in [0.717, 1.165) is 78.0 Å². The smallest absolute Gasteiger partial charge is 0.146 e. The highest BCUT2D eigenvalue weighted by Gasteiger charge is 2.19. The summed E-state index contributed by atoms with van der Waals surface area (Å²) in [6.45, 7) is 0. The average Bonchev–Trinajstić information content (AvgIpc) is 3.79. The Morgan fingerprint density at radius 1 is 0.404 bits per heavy atom. The predicted molar refractivity (Wildman–Crippen MR) is 214 cm³/mol. The lowest BCUT2D eigenvalue weighted by molar-refractivity contribution is 1.11. The fraction of sp³-hybridized carbons (Fsp3) is 0. The second-order valence-electron chi connectivity index (χ2n) is 12.6. The van der Waals surface area contributed by atoms with E-state index >= 15 is 0 Å². The Balaban J connectivity index is 1.21. The minimum absolute atomic E-state index is 0.370. The Labute approximate surface area is 301 Å². The van der Waals surface area contributed by atoms with Crippen LogP contribution in [0.3, 0.4) is 0 Å². The van der Waals surface area contributed by atoms with Gasteiger partial charge in [0.15, 0.2) is 0 Å². The van der Waals surface area contributed by atoms with E-state index in [4.69, 9.17) is 9.97 Å². The summed E-state index contributed by atoms with van der Waals surface area (Å²) in [5.41, 5.74) is 9.72. The zero-order valence-electron chi connectivity index (χ0n) is 28.3. The van der Waals surface area contributed by atoms with Crippen molar-refractivity contribution in [3.8, 4) is 39.6 Å². The van der Waals surface area contributed by atoms with Gasteiger partial charge in [-0.25, -0.2) is 9.97 Å². The molecule has 5 heteroatoms. The van der Waals surface area contributed by atoms with Crippen LogP contribution in [-0.2, 0) is 0 Å². The molecule has 0 bridgehead atoms. The van der Waals surface area contributed by atoms with Gasteiger partial charge in [-0.3, -0.25) is 14.5 Å². The van der Waals surface area contributed by atoms with Crippen LogP contribution < -0.4 is 0 Å². The monoisotopic (exact) mass is 667 g/mol. The first-order valence-corrected chi connectivity index (χ1v) is 17.4. The zero-order chi connectivity index (χ0) is 34.9. The Bertz CT molecular complexity index is 2790. The van der Waals surface area contributed by atoms with Crippen molar-refractivity contribution in [3.05, 3.63) is 200 Å². The highest BCUT2D eigenvalue weighted by Crippen LogP contribution is 2.36. The number of hydrogen-bond acceptors (Lipinski definition) is 3. The van der Waals surface area contributed by atoms with E-state index in [1.165, 1.54) is 0 Å². The first-order chi connectivity index (χ1) is 25.7. The molecule has 0 aliphatic heterocycles. The van der Waals surface area contributed by atoms with Gasteiger partial charge in [0.1, 0.15) is 17.5 Å². The molecule has 5 nitrogen and oxygen atoms in total. The van der Waals surface area contributed by atoms with Crippen LogP contribution in [0.1, 0.15) is 5.56 Å². The minimum atomic E-state index is 0.370. The van der Waals surface area contributed by atoms with Gasteiger partial charge in [0, 0.05) is 22.4 Å². The molecule has 9 aromatic rings. The van der Waals surface area contributed by atoms with Crippen LogP contribution in [0.4, 0.5) is 0 Å². The maximum absolute atomic E-state index is 9.44. The van der Waals surface area contributed by atoms with Crippen LogP contribution in [0.25, 0.3) is 72.4 Å². The molecule has 0 amide bonds. The number of fused-ring (bicyclic) bond motifs is 3. The lowest BCUT2D eigenvalue weighted by atomic mass is 9.97. The average molecular weight is 668 g/mol. The van der Waals surface area contributed by atoms with Crippen LogP contribution in [0.2, 0.25) is 0 Å². The van der Waals surface area contributed by atoms with Crippen molar-refractivity contribution in [2.75, 3.05) is 0 Å². The number of para-hydroxylation sites is 5. The first-order valence-electron chi connectivity index (χ1n) is 17.4. The second kappa shape index (κ2) is 13.3. The first kappa shape index (κ1) is 30.9. The minimum Gasteiger partial charge on any atom is -0.292 e. The van der Waals surface area contributed by atoms with E-state index in [-0.39, 0.29) is 0 Å². The van der Waals surface area contributed by atoms with E-state index in [1.54, 1.807) is 0 Å². The molecule has 0 atom stereocenters. The third-order valence-corrected chi connectivity index (χ3v) is 9.47. The van der Waals surface area contributed by atoms with Gasteiger partial charge in [0.2, 0.25) is 0 Å². The number of nitrogens with one attached hydrogen (secondary N) is 1. The number of aromatic nitrogens is 4. The molecule has 0 aliphatic rings. The van der Waals surface area contributed by atoms with Gasteiger partial charge in [-0.15, -0.1) is 0 Å². The van der Waals surface area contributed by atoms with Gasteiger partial charge in [-0.2, -0.15) is 0 Å². The standard InChI is InChI=1S/C47H33N5/c48-45(52-44-28-16-14-26-42(44)49-46(52)35-17-5-3-6-18-35)34-31-29-33(30-32-34)37-21-9-1-2-10-24-40(39-23-12-11-22-38(37)39)47-50-41-25-13-15-27-43(41)51(47)36-19-7-4-8-20-36/h1-32,48H. The fourth-order valence-electron chi connectivity index (χ4n) is 7.03. The Morgan fingerprint density at radius 3 is 1.62 bits per heavy atom. The van der Waals surface area contributed by atoms with E-state index in [9.17, 15) is 5.41 Å². The molecular weight excluding hydrogens is 635 g/mol. The van der Waals surface area contributed by atoms with Gasteiger partial charge >= 0.3 is 0 Å². The molecule has 0 fully saturated rings. The van der Waals surface area contributed by atoms with Crippen LogP contribution >= 0.6 is 0 Å². The summed E-state index contributed by atoms with van der Waals surface area (Å²) in [5.74, 6) is 1.99. The summed E-state index contributed by atoms with van der Waals surface area (Å²) in [6.07, 6.45) is 0. The highest BCUT2D eigenvalue weighted by atomic mass is 15.1. The van der Waals surface area contributed by atoms with Crippen LogP contribution in [0.5, 0.6) is 0 Å². The predicted octanol–water partition coefficient (Wildman–Crippen LogP) is 11.5. The Kier molecular flexibility index (Phi) is 7.91. The molecule has 7 aromatic carbocycles. The lowest BCUT2D eigenvalue weighted by Gasteiger charge is -2.13. The molecule has 0 saturated heterocycles. The van der Waals surface area contributed by atoms with Crippen LogP contribution in [0, 0.1) is 5.41 Å². The fourth-order valence-corrected chi connectivity index (χ4v) is 7.03. The van der Waals surface area contributed by atoms with E-state index in [0.29, 0.717) is 5.84 Å². The summed E-state index contributed by atoms with van der Waals surface area (Å²) in [7, 11) is 0. The van der Waals surface area contributed by atoms with Gasteiger partial charge in [0.05, 0.1) is 22.1 Å². The third-order valence-electron chi connectivity index (χ3n) is 9.47. The molecule has 0 radical (unpaired) electrons. The third kappa shape index (κ3) is 5.51. The lowest BCUT2D eigenvalue weighted by Crippen LogP contribution is -2.13. The Morgan fingerprint density at radius 2 is 0.904 bits per heavy atom. The van der Waals surface area contributed by atoms with Crippen molar-refractivity contribution in [1.82, 2.24) is 19.1 Å². The van der Waals surface area contributed by atoms with Crippen molar-refractivity contribution in [2.45, 2.75) is 0 Å². The molecule has 0 saturated carbocycles. The summed E-state index contributed by atoms with van der Waals surface area (Å²) in [6, 6.07) is 66.3. The quantitative estimate of drug-likeness (QED) is 0.147. The summed E-state index contributed by atoms with van der Waals surface area (Å²) < 4.78 is 4.20. The van der Waals surface area contributed by atoms with Crippen molar-refractivity contribution in [2.24, 2.45) is 0 Å². The van der Waals surface area contributed by atoms with Crippen molar-refractivity contribution < 1.29 is 0 Å². The summed E-state index contributed by atoms with van der Waals surface area (Å²) >= 11 is 0. The summed E-state index contributed by atoms with van der Waals surface area (Å²) in [5, 5.41) is 11.6. The number of rotatable bonds is 5. The second-order valence-corrected chi connectivity index (χ2v) is 12.6. The highest BCUT2D eigenvalue weighted by molar-refractivity contribution is 6.07. The van der Waals surface area contributed by atoms with Crippen LogP contribution in [-0.4, -0.2) is 24.9 Å². The van der Waals surface area contributed by atoms with Gasteiger partial charge < -0.3 is 0 Å². The maximum atomic E-state index is 9.44. The molecule has 0 spiro atoms. The van der Waals surface area contributed by atoms with Crippen molar-refractivity contribution in [1.29, 1.82) is 5.41 Å². The van der Waals surface area contributed by atoms with Crippen molar-refractivity contribution in [3.63, 3.8) is 0 Å². The number of hydrogen-bond donors (Lipinski definition) is 1. The van der Waals surface area contributed by atoms with E-state index in [2.05, 4.69) is 120 Å². The molecule has 9 rings (SSSR count). The number of imidazole rings is 2. The van der Waals surface area contributed by atoms with Gasteiger partial charge in [-0.1, -0.05) is 158 Å². The molecule has 2 aromatic heterocycles. The molecule has 1 N–H and O–H groups in total. The maximum Gasteiger partial charge on any atom is 0.146 e. The number of benzene rings is 6. The van der Waals surface area contributed by atoms with Crippen molar-refractivity contribution >= 4 is 38.7 Å². The van der Waals surface area contributed by atoms with E-state index < -0.39 is 0 Å². The molecule has 2 heterocycles. The molecule has 246 valence electrons. The van der Waals surface area contributed by atoms with E-state index in [1.807, 2.05) is 83.4 Å². The Hall–Kier alpha value is -7.11. The normalized spacial score (nSPS) is 11.2. The largest absolute Gasteiger partial charge is 0.292 e. The molecular formula is C47H33N5.